The molecule has 4 nitrogen and oxygen atoms in total. The van der Waals surface area contributed by atoms with E-state index in [1.165, 1.54) is 24.3 Å². The molecule has 0 aliphatic carbocycles. The number of carbonyl (C=O) groups excluding carboxylic acids is 1. The van der Waals surface area contributed by atoms with Crippen molar-refractivity contribution in [3.8, 4) is 0 Å². The maximum atomic E-state index is 12.6. The molecule has 0 saturated carbocycles. The Morgan fingerprint density at radius 1 is 1.04 bits per heavy atom. The Bertz CT molecular complexity index is 753. The van der Waals surface area contributed by atoms with Gasteiger partial charge in [0.2, 0.25) is 5.78 Å². The average Bonchev–Trinajstić information content (AvgIpc) is 2.55. The second kappa shape index (κ2) is 6.87. The van der Waals surface area contributed by atoms with Gasteiger partial charge < -0.3 is 5.11 Å². The molecule has 0 spiro atoms. The van der Waals surface area contributed by atoms with Crippen molar-refractivity contribution < 1.29 is 23.1 Å². The van der Waals surface area contributed by atoms with Crippen LogP contribution in [0.25, 0.3) is 0 Å². The molecule has 2 aromatic carbocycles. The minimum Gasteiger partial charge on any atom is -0.513 e. The van der Waals surface area contributed by atoms with Crippen LogP contribution in [0.2, 0.25) is 0 Å². The lowest BCUT2D eigenvalue weighted by Crippen LogP contribution is -2.03. The van der Waals surface area contributed by atoms with Gasteiger partial charge in [0, 0.05) is 5.56 Å². The van der Waals surface area contributed by atoms with Gasteiger partial charge in [-0.3, -0.25) is 4.79 Å². The molecular formula is C16H11F3N2O2. The van der Waals surface area contributed by atoms with Crippen LogP contribution in [0.4, 0.5) is 18.9 Å². The number of allylic oxidation sites excluding steroid dienone is 1. The van der Waals surface area contributed by atoms with Gasteiger partial charge in [0.15, 0.2) is 5.70 Å². The Hall–Kier alpha value is -2.96. The number of hydrogen-bond acceptors (Lipinski definition) is 4. The highest BCUT2D eigenvalue weighted by Crippen LogP contribution is 2.31. The first-order valence-electron chi connectivity index (χ1n) is 6.45. The molecule has 0 fully saturated rings. The highest BCUT2D eigenvalue weighted by molar-refractivity contribution is 6.08. The van der Waals surface area contributed by atoms with Crippen LogP contribution in [0.1, 0.15) is 15.9 Å². The molecule has 0 aliphatic heterocycles. The molecule has 0 amide bonds. The fraction of sp³-hybridized carbons (Fsp3) is 0.0625. The summed E-state index contributed by atoms with van der Waals surface area (Å²) in [6.45, 7) is 0. The van der Waals surface area contributed by atoms with Crippen molar-refractivity contribution in [2.45, 2.75) is 6.18 Å². The van der Waals surface area contributed by atoms with Gasteiger partial charge in [-0.15, -0.1) is 5.11 Å². The molecule has 118 valence electrons. The maximum Gasteiger partial charge on any atom is 0.416 e. The number of hydrogen-bond donors (Lipinski definition) is 1. The third-order valence-electron chi connectivity index (χ3n) is 2.84. The number of nitrogens with zero attached hydrogens (tertiary/aromatic N) is 2. The zero-order chi connectivity index (χ0) is 16.9. The van der Waals surface area contributed by atoms with E-state index >= 15 is 0 Å². The third-order valence-corrected chi connectivity index (χ3v) is 2.84. The second-order valence-electron chi connectivity index (χ2n) is 4.46. The molecule has 0 aliphatic rings. The van der Waals surface area contributed by atoms with Crippen molar-refractivity contribution >= 4 is 11.5 Å². The van der Waals surface area contributed by atoms with Gasteiger partial charge in [-0.2, -0.15) is 18.3 Å². The number of halogens is 3. The van der Waals surface area contributed by atoms with E-state index in [0.717, 1.165) is 12.1 Å². The van der Waals surface area contributed by atoms with Crippen molar-refractivity contribution in [1.82, 2.24) is 0 Å². The standard InChI is InChI=1S/C16H11F3N2O2/c17-16(18,19)12-7-4-8-13(9-12)20-21-14(10-22)15(23)11-5-2-1-3-6-11/h1-10,22H/b14-10+,21-20?. The fourth-order valence-electron chi connectivity index (χ4n) is 1.72. The Morgan fingerprint density at radius 2 is 1.74 bits per heavy atom. The Kier molecular flexibility index (Phi) is 4.90. The monoisotopic (exact) mass is 320 g/mol. The van der Waals surface area contributed by atoms with Gasteiger partial charge in [-0.1, -0.05) is 36.4 Å². The number of benzene rings is 2. The van der Waals surface area contributed by atoms with Crippen molar-refractivity contribution in [3.05, 3.63) is 77.7 Å². The molecule has 23 heavy (non-hydrogen) atoms. The van der Waals surface area contributed by atoms with Crippen LogP contribution in [0, 0.1) is 0 Å². The van der Waals surface area contributed by atoms with Crippen LogP contribution in [-0.2, 0) is 6.18 Å². The summed E-state index contributed by atoms with van der Waals surface area (Å²) in [7, 11) is 0. The first-order valence-corrected chi connectivity index (χ1v) is 6.45. The van der Waals surface area contributed by atoms with Crippen molar-refractivity contribution in [2.24, 2.45) is 10.2 Å². The van der Waals surface area contributed by atoms with Crippen molar-refractivity contribution in [1.29, 1.82) is 0 Å². The third kappa shape index (κ3) is 4.26. The van der Waals surface area contributed by atoms with Crippen molar-refractivity contribution in [3.63, 3.8) is 0 Å². The summed E-state index contributed by atoms with van der Waals surface area (Å²) in [6.07, 6.45) is -4.03. The van der Waals surface area contributed by atoms with E-state index in [4.69, 9.17) is 5.11 Å². The maximum absolute atomic E-state index is 12.6. The summed E-state index contributed by atoms with van der Waals surface area (Å²) in [6, 6.07) is 12.2. The zero-order valence-electron chi connectivity index (χ0n) is 11.7. The van der Waals surface area contributed by atoms with E-state index in [9.17, 15) is 18.0 Å². The number of ketones is 1. The van der Waals surface area contributed by atoms with E-state index in [0.29, 0.717) is 6.26 Å². The summed E-state index contributed by atoms with van der Waals surface area (Å²) in [5.74, 6) is -0.594. The number of azo groups is 1. The van der Waals surface area contributed by atoms with E-state index in [1.807, 2.05) is 0 Å². The van der Waals surface area contributed by atoms with Crippen LogP contribution in [0.3, 0.4) is 0 Å². The summed E-state index contributed by atoms with van der Waals surface area (Å²) < 4.78 is 37.8. The molecule has 2 aromatic rings. The van der Waals surface area contributed by atoms with Crippen LogP contribution in [0.5, 0.6) is 0 Å². The lowest BCUT2D eigenvalue weighted by molar-refractivity contribution is -0.137. The topological polar surface area (TPSA) is 62.0 Å². The fourth-order valence-corrected chi connectivity index (χ4v) is 1.72. The number of Topliss-reactive ketones (excluding diaryl/α,β-unsaturated/α-hetero) is 1. The van der Waals surface area contributed by atoms with Crippen LogP contribution in [-0.4, -0.2) is 10.9 Å². The SMILES string of the molecule is O=C(/C(=C\O)N=Nc1cccc(C(F)(F)F)c1)c1ccccc1. The molecule has 0 radical (unpaired) electrons. The second-order valence-corrected chi connectivity index (χ2v) is 4.46. The largest absolute Gasteiger partial charge is 0.513 e. The molecule has 0 unspecified atom stereocenters. The van der Waals surface area contributed by atoms with E-state index in [2.05, 4.69) is 10.2 Å². The molecule has 0 heterocycles. The van der Waals surface area contributed by atoms with Crippen LogP contribution in [0.15, 0.2) is 76.8 Å². The minimum absolute atomic E-state index is 0.0833. The number of rotatable bonds is 4. The van der Waals surface area contributed by atoms with Gasteiger partial charge in [0.05, 0.1) is 11.3 Å². The quantitative estimate of drug-likeness (QED) is 0.370. The lowest BCUT2D eigenvalue weighted by Gasteiger charge is -2.06. The molecule has 2 rings (SSSR count). The first-order chi connectivity index (χ1) is 10.9. The van der Waals surface area contributed by atoms with Gasteiger partial charge in [0.1, 0.15) is 6.26 Å². The summed E-state index contributed by atoms with van der Waals surface area (Å²) in [5.41, 5.74) is -1.07. The van der Waals surface area contributed by atoms with E-state index in [-0.39, 0.29) is 16.9 Å². The Morgan fingerprint density at radius 3 is 2.35 bits per heavy atom. The van der Waals surface area contributed by atoms with Gasteiger partial charge >= 0.3 is 6.18 Å². The number of aliphatic hydroxyl groups excluding tert-OH is 1. The Labute approximate surface area is 129 Å². The number of aliphatic hydroxyl groups is 1. The van der Waals surface area contributed by atoms with Gasteiger partial charge in [-0.05, 0) is 18.2 Å². The van der Waals surface area contributed by atoms with Crippen LogP contribution < -0.4 is 0 Å². The predicted octanol–water partition coefficient (Wildman–Crippen LogP) is 5.07. The lowest BCUT2D eigenvalue weighted by atomic mass is 10.1. The van der Waals surface area contributed by atoms with Gasteiger partial charge in [0.25, 0.3) is 0 Å². The summed E-state index contributed by atoms with van der Waals surface area (Å²) >= 11 is 0. The average molecular weight is 320 g/mol. The molecule has 1 N–H and O–H groups in total. The summed E-state index contributed by atoms with van der Waals surface area (Å²) in [5, 5.41) is 16.2. The molecule has 0 bridgehead atoms. The highest BCUT2D eigenvalue weighted by Gasteiger charge is 2.30. The minimum atomic E-state index is -4.50. The molecular weight excluding hydrogens is 309 g/mol. The van der Waals surface area contributed by atoms with E-state index in [1.54, 1.807) is 18.2 Å². The predicted molar refractivity (Wildman–Crippen MR) is 77.4 cm³/mol. The molecule has 0 saturated heterocycles. The first kappa shape index (κ1) is 16.4. The van der Waals surface area contributed by atoms with E-state index < -0.39 is 17.5 Å². The highest BCUT2D eigenvalue weighted by atomic mass is 19.4. The van der Waals surface area contributed by atoms with Crippen molar-refractivity contribution in [2.75, 3.05) is 0 Å². The normalized spacial score (nSPS) is 12.6. The molecule has 0 atom stereocenters. The Balaban J connectivity index is 2.23. The number of alkyl halides is 3. The zero-order valence-corrected chi connectivity index (χ0v) is 11.7. The smallest absolute Gasteiger partial charge is 0.416 e. The molecule has 7 heteroatoms. The summed E-state index contributed by atoms with van der Waals surface area (Å²) in [4.78, 5) is 12.1. The van der Waals surface area contributed by atoms with Gasteiger partial charge in [-0.25, -0.2) is 0 Å². The number of carbonyl (C=O) groups is 1. The molecule has 0 aromatic heterocycles. The van der Waals surface area contributed by atoms with Crippen LogP contribution >= 0.6 is 0 Å².